The van der Waals surface area contributed by atoms with Crippen LogP contribution in [-0.4, -0.2) is 80.5 Å². The Hall–Kier alpha value is -2.72. The number of hydrazine groups is 1. The summed E-state index contributed by atoms with van der Waals surface area (Å²) in [4.78, 5) is 7.68. The Morgan fingerprint density at radius 3 is 2.53 bits per heavy atom. The van der Waals surface area contributed by atoms with E-state index in [9.17, 15) is 8.42 Å². The third kappa shape index (κ3) is 4.48. The van der Waals surface area contributed by atoms with Gasteiger partial charge in [0.2, 0.25) is 0 Å². The van der Waals surface area contributed by atoms with Crippen molar-refractivity contribution < 1.29 is 8.42 Å². The minimum atomic E-state index is -3.23. The summed E-state index contributed by atoms with van der Waals surface area (Å²) < 4.78 is 23.7. The highest BCUT2D eigenvalue weighted by Crippen LogP contribution is 2.32. The zero-order chi connectivity index (χ0) is 23.9. The summed E-state index contributed by atoms with van der Waals surface area (Å²) in [6, 6.07) is 7.01. The molecule has 1 aliphatic carbocycles. The minimum absolute atomic E-state index is 0.208. The number of allylic oxidation sites excluding steroid dienone is 3. The molecule has 2 atom stereocenters. The van der Waals surface area contributed by atoms with Crippen LogP contribution in [0, 0.1) is 0 Å². The van der Waals surface area contributed by atoms with E-state index in [0.717, 1.165) is 49.7 Å². The summed E-state index contributed by atoms with van der Waals surface area (Å²) >= 11 is 0. The predicted octanol–water partition coefficient (Wildman–Crippen LogP) is 1.94. The molecule has 0 amide bonds. The van der Waals surface area contributed by atoms with E-state index in [0.29, 0.717) is 4.90 Å². The van der Waals surface area contributed by atoms with Crippen LogP contribution in [0.25, 0.3) is 5.70 Å². The zero-order valence-corrected chi connectivity index (χ0v) is 20.7. The molecular weight excluding hydrogens is 448 g/mol. The Kier molecular flexibility index (Phi) is 5.97. The summed E-state index contributed by atoms with van der Waals surface area (Å²) in [6.45, 7) is 6.35. The van der Waals surface area contributed by atoms with Crippen molar-refractivity contribution in [1.82, 2.24) is 25.6 Å². The van der Waals surface area contributed by atoms with Crippen LogP contribution in [-0.2, 0) is 9.84 Å². The van der Waals surface area contributed by atoms with Crippen molar-refractivity contribution in [3.63, 3.8) is 0 Å². The average molecular weight is 481 g/mol. The summed E-state index contributed by atoms with van der Waals surface area (Å²) in [6.07, 6.45) is 14.7. The molecular formula is C25H32N6O2S. The maximum atomic E-state index is 11.8. The molecule has 1 aromatic rings. The zero-order valence-electron chi connectivity index (χ0n) is 19.9. The standard InChI is InChI=1S/C25H32N6O2S/c1-25(13-11-20(12-14-25)30-17-15-26-16-18-30)28-24-27-23-6-4-5-22(31(23)29(24)2)19-7-9-21(10-8-19)34(3,32)33/h4-13,24,26,28H,14-18H2,1-3H3. The fraction of sp³-hybridized carbons (Fsp3) is 0.400. The molecule has 8 nitrogen and oxygen atoms in total. The molecule has 9 heteroatoms. The van der Waals surface area contributed by atoms with E-state index in [4.69, 9.17) is 4.99 Å². The number of hydrogen-bond donors (Lipinski definition) is 2. The number of hydrogen-bond acceptors (Lipinski definition) is 8. The second-order valence-electron chi connectivity index (χ2n) is 9.42. The van der Waals surface area contributed by atoms with Crippen molar-refractivity contribution in [2.45, 2.75) is 30.1 Å². The molecule has 3 heterocycles. The van der Waals surface area contributed by atoms with E-state index in [-0.39, 0.29) is 11.8 Å². The molecule has 0 radical (unpaired) electrons. The lowest BCUT2D eigenvalue weighted by Crippen LogP contribution is -2.54. The SMILES string of the molecule is CN1C(NC2(C)C=CC(N3CCNCC3)=CC2)N=C2C=CC=C(c3ccc(S(C)(=O)=O)cc3)N21. The normalized spacial score (nSPS) is 27.4. The topological polar surface area (TPSA) is 80.3 Å². The molecule has 34 heavy (non-hydrogen) atoms. The monoisotopic (exact) mass is 480 g/mol. The molecule has 5 rings (SSSR count). The Balaban J connectivity index is 1.30. The second kappa shape index (κ2) is 8.81. The quantitative estimate of drug-likeness (QED) is 0.667. The van der Waals surface area contributed by atoms with Gasteiger partial charge < -0.3 is 10.2 Å². The highest BCUT2D eigenvalue weighted by Gasteiger charge is 2.37. The van der Waals surface area contributed by atoms with Crippen molar-refractivity contribution in [2.75, 3.05) is 39.5 Å². The van der Waals surface area contributed by atoms with E-state index < -0.39 is 9.84 Å². The van der Waals surface area contributed by atoms with E-state index >= 15 is 0 Å². The molecule has 3 aliphatic heterocycles. The van der Waals surface area contributed by atoms with Gasteiger partial charge in [-0.3, -0.25) is 10.3 Å². The van der Waals surface area contributed by atoms with E-state index in [2.05, 4.69) is 50.7 Å². The molecule has 0 saturated carbocycles. The molecule has 0 aromatic heterocycles. The summed E-state index contributed by atoms with van der Waals surface area (Å²) in [5.74, 6) is 0.852. The van der Waals surface area contributed by atoms with Crippen molar-refractivity contribution in [3.05, 3.63) is 72.0 Å². The first-order valence-electron chi connectivity index (χ1n) is 11.7. The van der Waals surface area contributed by atoms with Crippen LogP contribution in [0.3, 0.4) is 0 Å². The Morgan fingerprint density at radius 2 is 1.88 bits per heavy atom. The van der Waals surface area contributed by atoms with Gasteiger partial charge in [0.05, 0.1) is 10.6 Å². The molecule has 4 aliphatic rings. The molecule has 0 spiro atoms. The van der Waals surface area contributed by atoms with Crippen LogP contribution in [0.4, 0.5) is 0 Å². The molecule has 1 aromatic carbocycles. The minimum Gasteiger partial charge on any atom is -0.369 e. The van der Waals surface area contributed by atoms with Crippen molar-refractivity contribution in [2.24, 2.45) is 4.99 Å². The smallest absolute Gasteiger partial charge is 0.175 e. The average Bonchev–Trinajstić information content (AvgIpc) is 3.14. The molecule has 1 fully saturated rings. The van der Waals surface area contributed by atoms with Gasteiger partial charge in [-0.2, -0.15) is 5.01 Å². The van der Waals surface area contributed by atoms with Crippen molar-refractivity contribution in [1.29, 1.82) is 0 Å². The van der Waals surface area contributed by atoms with Crippen LogP contribution < -0.4 is 10.6 Å². The lowest BCUT2D eigenvalue weighted by atomic mass is 9.92. The van der Waals surface area contributed by atoms with Gasteiger partial charge in [0.1, 0.15) is 5.84 Å². The Morgan fingerprint density at radius 1 is 1.15 bits per heavy atom. The molecule has 2 unspecified atom stereocenters. The fourth-order valence-electron chi connectivity index (χ4n) is 4.74. The van der Waals surface area contributed by atoms with Crippen LogP contribution in [0.5, 0.6) is 0 Å². The highest BCUT2D eigenvalue weighted by atomic mass is 32.2. The van der Waals surface area contributed by atoms with Gasteiger partial charge in [0.15, 0.2) is 16.1 Å². The van der Waals surface area contributed by atoms with Gasteiger partial charge in [-0.15, -0.1) is 0 Å². The highest BCUT2D eigenvalue weighted by molar-refractivity contribution is 7.90. The third-order valence-electron chi connectivity index (χ3n) is 6.74. The molecule has 0 bridgehead atoms. The van der Waals surface area contributed by atoms with E-state index in [1.807, 2.05) is 37.4 Å². The first-order chi connectivity index (χ1) is 16.2. The van der Waals surface area contributed by atoms with Gasteiger partial charge in [-0.05, 0) is 49.3 Å². The second-order valence-corrected chi connectivity index (χ2v) is 11.4. The number of nitrogens with zero attached hydrogens (tertiary/aromatic N) is 4. The molecule has 2 N–H and O–H groups in total. The number of amidine groups is 1. The van der Waals surface area contributed by atoms with Crippen molar-refractivity contribution >= 4 is 21.4 Å². The summed E-state index contributed by atoms with van der Waals surface area (Å²) in [5.41, 5.74) is 2.98. The Bertz CT molecular complexity index is 1210. The first-order valence-corrected chi connectivity index (χ1v) is 13.5. The predicted molar refractivity (Wildman–Crippen MR) is 135 cm³/mol. The molecule has 180 valence electrons. The summed E-state index contributed by atoms with van der Waals surface area (Å²) in [5, 5.41) is 11.3. The summed E-state index contributed by atoms with van der Waals surface area (Å²) in [7, 11) is -1.21. The third-order valence-corrected chi connectivity index (χ3v) is 7.87. The number of aliphatic imine (C=N–C) groups is 1. The van der Waals surface area contributed by atoms with Crippen LogP contribution >= 0.6 is 0 Å². The van der Waals surface area contributed by atoms with Gasteiger partial charge in [0, 0.05) is 50.7 Å². The maximum Gasteiger partial charge on any atom is 0.175 e. The first kappa shape index (κ1) is 23.0. The number of nitrogens with one attached hydrogen (secondary N) is 2. The van der Waals surface area contributed by atoms with Gasteiger partial charge >= 0.3 is 0 Å². The molecule has 1 saturated heterocycles. The Labute approximate surface area is 201 Å². The fourth-order valence-corrected chi connectivity index (χ4v) is 5.37. The van der Waals surface area contributed by atoms with Gasteiger partial charge in [0.25, 0.3) is 0 Å². The lowest BCUT2D eigenvalue weighted by Gasteiger charge is -2.38. The lowest BCUT2D eigenvalue weighted by molar-refractivity contribution is 0.0780. The van der Waals surface area contributed by atoms with Gasteiger partial charge in [-0.1, -0.05) is 30.4 Å². The number of sulfone groups is 1. The van der Waals surface area contributed by atoms with E-state index in [1.165, 1.54) is 12.0 Å². The van der Waals surface area contributed by atoms with Crippen LogP contribution in [0.1, 0.15) is 18.9 Å². The van der Waals surface area contributed by atoms with E-state index in [1.54, 1.807) is 12.1 Å². The maximum absolute atomic E-state index is 11.8. The number of piperazine rings is 1. The largest absolute Gasteiger partial charge is 0.369 e. The van der Waals surface area contributed by atoms with Crippen LogP contribution in [0.2, 0.25) is 0 Å². The number of benzene rings is 1. The number of rotatable bonds is 5. The van der Waals surface area contributed by atoms with Crippen molar-refractivity contribution in [3.8, 4) is 0 Å². The van der Waals surface area contributed by atoms with Gasteiger partial charge in [-0.25, -0.2) is 13.4 Å². The number of fused-ring (bicyclic) bond motifs is 1. The van der Waals surface area contributed by atoms with Crippen LogP contribution in [0.15, 0.2) is 76.3 Å².